The Morgan fingerprint density at radius 3 is 2.63 bits per heavy atom. The first-order chi connectivity index (χ1) is 13.1. The molecular formula is C20H16N4O2S. The second-order valence-electron chi connectivity index (χ2n) is 6.04. The number of carbonyl (C=O) groups excluding carboxylic acids is 1. The van der Waals surface area contributed by atoms with Crippen LogP contribution in [0.4, 0.5) is 5.69 Å². The van der Waals surface area contributed by atoms with Crippen LogP contribution in [0.25, 0.3) is 21.1 Å². The zero-order chi connectivity index (χ0) is 18.8. The third kappa shape index (κ3) is 3.50. The number of hydrogen-bond acceptors (Lipinski definition) is 6. The molecule has 0 unspecified atom stereocenters. The smallest absolute Gasteiger partial charge is 0.259 e. The molecule has 0 saturated heterocycles. The summed E-state index contributed by atoms with van der Waals surface area (Å²) in [5.41, 5.74) is 4.08. The van der Waals surface area contributed by atoms with Crippen molar-refractivity contribution in [1.29, 1.82) is 0 Å². The van der Waals surface area contributed by atoms with Crippen LogP contribution in [-0.4, -0.2) is 20.9 Å². The lowest BCUT2D eigenvalue weighted by atomic mass is 10.1. The Hall–Kier alpha value is -3.32. The molecule has 0 aliphatic heterocycles. The predicted octanol–water partition coefficient (Wildman–Crippen LogP) is 4.73. The average molecular weight is 376 g/mol. The van der Waals surface area contributed by atoms with Gasteiger partial charge in [0, 0.05) is 16.8 Å². The fourth-order valence-electron chi connectivity index (χ4n) is 2.74. The highest BCUT2D eigenvalue weighted by Gasteiger charge is 2.13. The monoisotopic (exact) mass is 376 g/mol. The highest BCUT2D eigenvalue weighted by molar-refractivity contribution is 7.19. The number of aryl methyl sites for hydroxylation is 2. The molecule has 0 spiro atoms. The number of amides is 1. The van der Waals surface area contributed by atoms with Crippen LogP contribution in [0.5, 0.6) is 0 Å². The fraction of sp³-hybridized carbons (Fsp3) is 0.100. The molecule has 134 valence electrons. The number of aromatic nitrogens is 3. The number of nitrogens with zero attached hydrogens (tertiary/aromatic N) is 3. The minimum atomic E-state index is -0.222. The van der Waals surface area contributed by atoms with Gasteiger partial charge in [0.25, 0.3) is 5.91 Å². The minimum absolute atomic E-state index is 0.222. The molecule has 4 rings (SSSR count). The van der Waals surface area contributed by atoms with Crippen molar-refractivity contribution >= 4 is 22.9 Å². The van der Waals surface area contributed by atoms with Crippen molar-refractivity contribution < 1.29 is 9.21 Å². The first-order valence-electron chi connectivity index (χ1n) is 8.29. The van der Waals surface area contributed by atoms with E-state index in [1.807, 2.05) is 24.3 Å². The molecule has 0 saturated carbocycles. The van der Waals surface area contributed by atoms with Crippen LogP contribution in [0.2, 0.25) is 0 Å². The molecular weight excluding hydrogens is 360 g/mol. The second-order valence-corrected chi connectivity index (χ2v) is 7.09. The largest absolute Gasteiger partial charge is 0.443 e. The summed E-state index contributed by atoms with van der Waals surface area (Å²) in [6, 6.07) is 9.85. The van der Waals surface area contributed by atoms with E-state index in [0.29, 0.717) is 11.3 Å². The summed E-state index contributed by atoms with van der Waals surface area (Å²) in [6.45, 7) is 3.85. The molecule has 0 aliphatic rings. The first-order valence-corrected chi connectivity index (χ1v) is 9.11. The topological polar surface area (TPSA) is 80.9 Å². The Kier molecular flexibility index (Phi) is 4.52. The van der Waals surface area contributed by atoms with Crippen LogP contribution in [0.1, 0.15) is 21.6 Å². The Balaban J connectivity index is 1.55. The van der Waals surface area contributed by atoms with E-state index in [9.17, 15) is 4.79 Å². The van der Waals surface area contributed by atoms with E-state index < -0.39 is 0 Å². The molecule has 4 aromatic rings. The van der Waals surface area contributed by atoms with Crippen LogP contribution in [0.15, 0.2) is 59.9 Å². The molecule has 3 heterocycles. The number of thiophene rings is 1. The maximum absolute atomic E-state index is 12.4. The number of carbonyl (C=O) groups is 1. The Labute approximate surface area is 160 Å². The van der Waals surface area contributed by atoms with Crippen LogP contribution in [0, 0.1) is 13.8 Å². The molecule has 0 bridgehead atoms. The normalized spacial score (nSPS) is 10.7. The van der Waals surface area contributed by atoms with Gasteiger partial charge in [-0.25, -0.2) is 15.0 Å². The molecule has 6 nitrogen and oxygen atoms in total. The quantitative estimate of drug-likeness (QED) is 0.557. The molecule has 3 aromatic heterocycles. The number of anilines is 1. The van der Waals surface area contributed by atoms with E-state index in [1.165, 1.54) is 24.5 Å². The summed E-state index contributed by atoms with van der Waals surface area (Å²) in [6.07, 6.45) is 6.09. The fourth-order valence-corrected chi connectivity index (χ4v) is 3.88. The van der Waals surface area contributed by atoms with E-state index in [0.717, 1.165) is 26.8 Å². The molecule has 0 aliphatic carbocycles. The van der Waals surface area contributed by atoms with Crippen LogP contribution in [-0.2, 0) is 0 Å². The lowest BCUT2D eigenvalue weighted by Gasteiger charge is -2.07. The lowest BCUT2D eigenvalue weighted by Crippen LogP contribution is -2.14. The third-order valence-corrected chi connectivity index (χ3v) is 5.45. The van der Waals surface area contributed by atoms with Crippen molar-refractivity contribution in [2.24, 2.45) is 0 Å². The standard InChI is InChI=1S/C20H16N4O2S/c1-12-7-18(17-9-22-11-26-17)27-19(12)14-3-5-15(6-4-14)24-20(25)16-8-21-10-23-13(16)2/h3-11H,1-2H3,(H,24,25). The Morgan fingerprint density at radius 1 is 1.11 bits per heavy atom. The van der Waals surface area contributed by atoms with Gasteiger partial charge in [0.15, 0.2) is 12.2 Å². The van der Waals surface area contributed by atoms with E-state index in [1.54, 1.807) is 24.5 Å². The second kappa shape index (κ2) is 7.13. The summed E-state index contributed by atoms with van der Waals surface area (Å²) in [5.74, 6) is 0.541. The van der Waals surface area contributed by atoms with E-state index in [2.05, 4.69) is 33.3 Å². The van der Waals surface area contributed by atoms with Gasteiger partial charge in [-0.3, -0.25) is 4.79 Å². The summed E-state index contributed by atoms with van der Waals surface area (Å²) < 4.78 is 5.38. The Bertz CT molecular complexity index is 1090. The number of benzene rings is 1. The van der Waals surface area contributed by atoms with Crippen LogP contribution in [0.3, 0.4) is 0 Å². The molecule has 1 aromatic carbocycles. The molecule has 1 N–H and O–H groups in total. The van der Waals surface area contributed by atoms with Gasteiger partial charge >= 0.3 is 0 Å². The molecule has 1 amide bonds. The maximum atomic E-state index is 12.4. The maximum Gasteiger partial charge on any atom is 0.259 e. The van der Waals surface area contributed by atoms with Gasteiger partial charge in [0.1, 0.15) is 6.33 Å². The highest BCUT2D eigenvalue weighted by atomic mass is 32.1. The number of nitrogens with one attached hydrogen (secondary N) is 1. The van der Waals surface area contributed by atoms with Crippen molar-refractivity contribution in [3.05, 3.63) is 72.3 Å². The van der Waals surface area contributed by atoms with Crippen LogP contribution < -0.4 is 5.32 Å². The van der Waals surface area contributed by atoms with Gasteiger partial charge in [0.05, 0.1) is 22.3 Å². The van der Waals surface area contributed by atoms with E-state index in [-0.39, 0.29) is 5.91 Å². The first kappa shape index (κ1) is 17.1. The Morgan fingerprint density at radius 2 is 1.93 bits per heavy atom. The number of oxazole rings is 1. The molecule has 27 heavy (non-hydrogen) atoms. The average Bonchev–Trinajstić information content (AvgIpc) is 3.32. The summed E-state index contributed by atoms with van der Waals surface area (Å²) in [4.78, 5) is 26.5. The molecule has 0 radical (unpaired) electrons. The van der Waals surface area contributed by atoms with Gasteiger partial charge < -0.3 is 9.73 Å². The molecule has 7 heteroatoms. The summed E-state index contributed by atoms with van der Waals surface area (Å²) in [5, 5.41) is 2.88. The SMILES string of the molecule is Cc1cc(-c2cnco2)sc1-c1ccc(NC(=O)c2cncnc2C)cc1. The van der Waals surface area contributed by atoms with Gasteiger partial charge in [-0.05, 0) is 43.2 Å². The van der Waals surface area contributed by atoms with E-state index >= 15 is 0 Å². The zero-order valence-electron chi connectivity index (χ0n) is 14.8. The molecule has 0 fully saturated rings. The zero-order valence-corrected chi connectivity index (χ0v) is 15.6. The van der Waals surface area contributed by atoms with Gasteiger partial charge in [-0.1, -0.05) is 12.1 Å². The van der Waals surface area contributed by atoms with E-state index in [4.69, 9.17) is 4.42 Å². The number of hydrogen-bond donors (Lipinski definition) is 1. The van der Waals surface area contributed by atoms with Crippen LogP contribution >= 0.6 is 11.3 Å². The molecule has 0 atom stereocenters. The highest BCUT2D eigenvalue weighted by Crippen LogP contribution is 2.38. The van der Waals surface area contributed by atoms with Gasteiger partial charge in [-0.15, -0.1) is 11.3 Å². The van der Waals surface area contributed by atoms with Crippen molar-refractivity contribution in [2.45, 2.75) is 13.8 Å². The van der Waals surface area contributed by atoms with Crippen molar-refractivity contribution in [3.63, 3.8) is 0 Å². The van der Waals surface area contributed by atoms with Gasteiger partial charge in [0.2, 0.25) is 0 Å². The third-order valence-electron chi connectivity index (χ3n) is 4.15. The van der Waals surface area contributed by atoms with Crippen molar-refractivity contribution in [1.82, 2.24) is 15.0 Å². The summed E-state index contributed by atoms with van der Waals surface area (Å²) >= 11 is 1.65. The summed E-state index contributed by atoms with van der Waals surface area (Å²) in [7, 11) is 0. The van der Waals surface area contributed by atoms with Crippen molar-refractivity contribution in [3.8, 4) is 21.1 Å². The number of rotatable bonds is 4. The predicted molar refractivity (Wildman–Crippen MR) is 105 cm³/mol. The lowest BCUT2D eigenvalue weighted by molar-refractivity contribution is 0.102. The van der Waals surface area contributed by atoms with Crippen molar-refractivity contribution in [2.75, 3.05) is 5.32 Å². The van der Waals surface area contributed by atoms with Gasteiger partial charge in [-0.2, -0.15) is 0 Å². The minimum Gasteiger partial charge on any atom is -0.443 e.